The molecule has 7 heteroatoms. The van der Waals surface area contributed by atoms with Gasteiger partial charge in [-0.2, -0.15) is 0 Å². The number of hydrogen-bond acceptors (Lipinski definition) is 3. The molecule has 0 aromatic heterocycles. The summed E-state index contributed by atoms with van der Waals surface area (Å²) in [5.74, 6) is 0.677. The van der Waals surface area contributed by atoms with Gasteiger partial charge in [-0.3, -0.25) is 0 Å². The fraction of sp³-hybridized carbons (Fsp3) is 0.235. The summed E-state index contributed by atoms with van der Waals surface area (Å²) < 4.78 is 6.63. The van der Waals surface area contributed by atoms with E-state index in [1.807, 2.05) is 24.3 Å². The Balaban J connectivity index is 1.89. The van der Waals surface area contributed by atoms with Crippen LogP contribution in [0.3, 0.4) is 0 Å². The van der Waals surface area contributed by atoms with Crippen molar-refractivity contribution in [1.82, 2.24) is 4.90 Å². The van der Waals surface area contributed by atoms with E-state index in [9.17, 15) is 15.0 Å². The molecule has 0 radical (unpaired) electrons. The molecule has 1 atom stereocenters. The average Bonchev–Trinajstić information content (AvgIpc) is 2.55. The van der Waals surface area contributed by atoms with Crippen LogP contribution in [-0.4, -0.2) is 40.9 Å². The van der Waals surface area contributed by atoms with Gasteiger partial charge in [-0.1, -0.05) is 23.7 Å². The first-order valence-electron chi connectivity index (χ1n) is 7.25. The van der Waals surface area contributed by atoms with Crippen LogP contribution in [0, 0.1) is 3.57 Å². The fourth-order valence-corrected chi connectivity index (χ4v) is 2.66. The Kier molecular flexibility index (Phi) is 7.14. The number of aliphatic hydroxyl groups excluding tert-OH is 1. The summed E-state index contributed by atoms with van der Waals surface area (Å²) in [4.78, 5) is 12.5. The number of aliphatic hydroxyl groups is 1. The third-order valence-corrected chi connectivity index (χ3v) is 4.30. The molecule has 0 bridgehead atoms. The van der Waals surface area contributed by atoms with E-state index < -0.39 is 12.2 Å². The largest absolute Gasteiger partial charge is 0.492 e. The number of benzene rings is 2. The van der Waals surface area contributed by atoms with Crippen molar-refractivity contribution in [3.05, 3.63) is 62.7 Å². The van der Waals surface area contributed by atoms with Gasteiger partial charge in [0.2, 0.25) is 0 Å². The molecular formula is C17H17ClINO4. The molecule has 0 saturated heterocycles. The van der Waals surface area contributed by atoms with Crippen LogP contribution in [0.2, 0.25) is 5.02 Å². The maximum absolute atomic E-state index is 11.4. The molecule has 2 rings (SSSR count). The maximum Gasteiger partial charge on any atom is 0.407 e. The highest BCUT2D eigenvalue weighted by Gasteiger charge is 2.18. The zero-order chi connectivity index (χ0) is 17.5. The second-order valence-electron chi connectivity index (χ2n) is 5.10. The highest BCUT2D eigenvalue weighted by molar-refractivity contribution is 14.1. The summed E-state index contributed by atoms with van der Waals surface area (Å²) in [5, 5.41) is 20.0. The van der Waals surface area contributed by atoms with Crippen LogP contribution in [0.1, 0.15) is 11.7 Å². The van der Waals surface area contributed by atoms with Crippen LogP contribution in [-0.2, 0) is 0 Å². The van der Waals surface area contributed by atoms with E-state index in [1.54, 1.807) is 24.3 Å². The average molecular weight is 462 g/mol. The summed E-state index contributed by atoms with van der Waals surface area (Å²) in [7, 11) is 0. The summed E-state index contributed by atoms with van der Waals surface area (Å²) in [6.07, 6.45) is -2.06. The Bertz CT molecular complexity index is 681. The van der Waals surface area contributed by atoms with Gasteiger partial charge in [0.1, 0.15) is 12.4 Å². The van der Waals surface area contributed by atoms with Crippen LogP contribution < -0.4 is 4.74 Å². The van der Waals surface area contributed by atoms with E-state index >= 15 is 0 Å². The normalized spacial score (nSPS) is 11.8. The minimum absolute atomic E-state index is 0.0499. The Morgan fingerprint density at radius 1 is 1.25 bits per heavy atom. The van der Waals surface area contributed by atoms with E-state index in [4.69, 9.17) is 16.3 Å². The second-order valence-corrected chi connectivity index (χ2v) is 6.78. The van der Waals surface area contributed by atoms with E-state index in [2.05, 4.69) is 22.6 Å². The summed E-state index contributed by atoms with van der Waals surface area (Å²) in [6, 6.07) is 14.2. The van der Waals surface area contributed by atoms with Gasteiger partial charge in [0.05, 0.1) is 19.2 Å². The quantitative estimate of drug-likeness (QED) is 0.611. The lowest BCUT2D eigenvalue weighted by molar-refractivity contribution is 0.0894. The zero-order valence-corrected chi connectivity index (χ0v) is 15.6. The van der Waals surface area contributed by atoms with Gasteiger partial charge in [0, 0.05) is 8.59 Å². The molecule has 0 aliphatic heterocycles. The predicted octanol–water partition coefficient (Wildman–Crippen LogP) is 4.04. The smallest absolute Gasteiger partial charge is 0.407 e. The third kappa shape index (κ3) is 5.85. The maximum atomic E-state index is 11.4. The van der Waals surface area contributed by atoms with Crippen LogP contribution >= 0.6 is 34.2 Å². The van der Waals surface area contributed by atoms with Crippen molar-refractivity contribution in [2.75, 3.05) is 19.7 Å². The number of rotatable bonds is 7. The topological polar surface area (TPSA) is 70.0 Å². The standard InChI is InChI=1S/C17H17ClINO4/c18-13-3-1-2-12(10-13)16(21)11-20(17(22)23)8-9-24-15-6-4-14(19)5-7-15/h1-7,10,16,21H,8-9,11H2,(H,22,23)/t16-/m0/s1. The highest BCUT2D eigenvalue weighted by atomic mass is 127. The lowest BCUT2D eigenvalue weighted by Crippen LogP contribution is -2.36. The molecule has 128 valence electrons. The minimum atomic E-state index is -1.11. The lowest BCUT2D eigenvalue weighted by atomic mass is 10.1. The van der Waals surface area contributed by atoms with Crippen molar-refractivity contribution < 1.29 is 19.7 Å². The van der Waals surface area contributed by atoms with Gasteiger partial charge in [-0.05, 0) is 64.6 Å². The molecule has 0 unspecified atom stereocenters. The van der Waals surface area contributed by atoms with Crippen LogP contribution in [0.5, 0.6) is 5.75 Å². The van der Waals surface area contributed by atoms with Gasteiger partial charge in [-0.25, -0.2) is 4.79 Å². The third-order valence-electron chi connectivity index (χ3n) is 3.34. The van der Waals surface area contributed by atoms with E-state index in [0.29, 0.717) is 16.3 Å². The molecule has 2 N–H and O–H groups in total. The van der Waals surface area contributed by atoms with Gasteiger partial charge >= 0.3 is 6.09 Å². The van der Waals surface area contributed by atoms with Gasteiger partial charge in [0.25, 0.3) is 0 Å². The number of hydrogen-bond donors (Lipinski definition) is 2. The molecule has 0 saturated carbocycles. The van der Waals surface area contributed by atoms with Crippen molar-refractivity contribution in [1.29, 1.82) is 0 Å². The molecule has 0 aliphatic carbocycles. The van der Waals surface area contributed by atoms with Crippen LogP contribution in [0.25, 0.3) is 0 Å². The van der Waals surface area contributed by atoms with Crippen molar-refractivity contribution in [2.24, 2.45) is 0 Å². The zero-order valence-electron chi connectivity index (χ0n) is 12.7. The van der Waals surface area contributed by atoms with Crippen LogP contribution in [0.15, 0.2) is 48.5 Å². The first-order valence-corrected chi connectivity index (χ1v) is 8.71. The summed E-state index contributed by atoms with van der Waals surface area (Å²) in [5.41, 5.74) is 0.576. The Labute approximate surface area is 159 Å². The summed E-state index contributed by atoms with van der Waals surface area (Å²) >= 11 is 8.08. The Morgan fingerprint density at radius 2 is 1.96 bits per heavy atom. The second kappa shape index (κ2) is 9.10. The van der Waals surface area contributed by atoms with Gasteiger partial charge < -0.3 is 19.8 Å². The van der Waals surface area contributed by atoms with E-state index in [0.717, 1.165) is 8.47 Å². The number of carboxylic acid groups (broad SMARTS) is 1. The molecule has 0 spiro atoms. The molecule has 2 aromatic carbocycles. The van der Waals surface area contributed by atoms with Crippen molar-refractivity contribution in [3.63, 3.8) is 0 Å². The molecular weight excluding hydrogens is 445 g/mol. The number of ether oxygens (including phenoxy) is 1. The van der Waals surface area contributed by atoms with E-state index in [-0.39, 0.29) is 19.7 Å². The summed E-state index contributed by atoms with van der Waals surface area (Å²) in [6.45, 7) is 0.305. The van der Waals surface area contributed by atoms with Crippen molar-refractivity contribution in [2.45, 2.75) is 6.10 Å². The minimum Gasteiger partial charge on any atom is -0.492 e. The molecule has 5 nitrogen and oxygen atoms in total. The SMILES string of the molecule is O=C(O)N(CCOc1ccc(I)cc1)C[C@H](O)c1cccc(Cl)c1. The number of carbonyl (C=O) groups is 1. The molecule has 0 fully saturated rings. The molecule has 2 aromatic rings. The van der Waals surface area contributed by atoms with E-state index in [1.165, 1.54) is 0 Å². The number of halogens is 2. The highest BCUT2D eigenvalue weighted by Crippen LogP contribution is 2.19. The van der Waals surface area contributed by atoms with Crippen molar-refractivity contribution >= 4 is 40.3 Å². The van der Waals surface area contributed by atoms with Gasteiger partial charge in [-0.15, -0.1) is 0 Å². The molecule has 1 amide bonds. The van der Waals surface area contributed by atoms with Gasteiger partial charge in [0.15, 0.2) is 0 Å². The number of amides is 1. The molecule has 24 heavy (non-hydrogen) atoms. The molecule has 0 heterocycles. The fourth-order valence-electron chi connectivity index (χ4n) is 2.10. The van der Waals surface area contributed by atoms with Crippen molar-refractivity contribution in [3.8, 4) is 5.75 Å². The first kappa shape index (κ1) is 18.8. The molecule has 0 aliphatic rings. The monoisotopic (exact) mass is 461 g/mol. The Morgan fingerprint density at radius 3 is 2.58 bits per heavy atom. The predicted molar refractivity (Wildman–Crippen MR) is 101 cm³/mol. The number of nitrogens with zero attached hydrogens (tertiary/aromatic N) is 1. The Hall–Kier alpha value is -1.51. The lowest BCUT2D eigenvalue weighted by Gasteiger charge is -2.22. The first-order chi connectivity index (χ1) is 11.5. The van der Waals surface area contributed by atoms with Crippen LogP contribution in [0.4, 0.5) is 4.79 Å².